The number of anilines is 1. The van der Waals surface area contributed by atoms with E-state index in [4.69, 9.17) is 0 Å². The zero-order valence-corrected chi connectivity index (χ0v) is 11.4. The van der Waals surface area contributed by atoms with Gasteiger partial charge in [-0.3, -0.25) is 0 Å². The Morgan fingerprint density at radius 1 is 0.947 bits per heavy atom. The molecule has 1 aromatic heterocycles. The highest BCUT2D eigenvalue weighted by Crippen LogP contribution is 2.25. The zero-order valence-electron chi connectivity index (χ0n) is 11.4. The summed E-state index contributed by atoms with van der Waals surface area (Å²) in [5, 5.41) is 1.29. The Kier molecular flexibility index (Phi) is 3.00. The smallest absolute Gasteiger partial charge is 0.109 e. The predicted octanol–water partition coefficient (Wildman–Crippen LogP) is 3.81. The first-order valence-electron chi connectivity index (χ1n) is 6.55. The number of rotatable bonds is 3. The lowest BCUT2D eigenvalue weighted by Gasteiger charge is -2.20. The van der Waals surface area contributed by atoms with Gasteiger partial charge in [-0.2, -0.15) is 0 Å². The van der Waals surface area contributed by atoms with Gasteiger partial charge >= 0.3 is 0 Å². The Hall–Kier alpha value is -2.22. The summed E-state index contributed by atoms with van der Waals surface area (Å²) in [5.41, 5.74) is 2.60. The third kappa shape index (κ3) is 2.22. The van der Waals surface area contributed by atoms with Gasteiger partial charge in [-0.25, -0.2) is 0 Å². The molecular formula is C17H18N2. The van der Waals surface area contributed by atoms with Crippen molar-refractivity contribution in [2.45, 2.75) is 6.54 Å². The third-order valence-electron chi connectivity index (χ3n) is 3.58. The van der Waals surface area contributed by atoms with Gasteiger partial charge in [0.1, 0.15) is 5.82 Å². The lowest BCUT2D eigenvalue weighted by Crippen LogP contribution is -2.18. The highest BCUT2D eigenvalue weighted by Gasteiger charge is 2.09. The average molecular weight is 250 g/mol. The minimum atomic E-state index is 0.922. The van der Waals surface area contributed by atoms with Crippen LogP contribution in [-0.2, 0) is 13.6 Å². The van der Waals surface area contributed by atoms with Crippen molar-refractivity contribution >= 4 is 16.7 Å². The summed E-state index contributed by atoms with van der Waals surface area (Å²) in [6, 6.07) is 21.3. The number of para-hydroxylation sites is 1. The summed E-state index contributed by atoms with van der Waals surface area (Å²) in [7, 11) is 4.26. The highest BCUT2D eigenvalue weighted by molar-refractivity contribution is 5.85. The van der Waals surface area contributed by atoms with Crippen molar-refractivity contribution in [2.24, 2.45) is 7.05 Å². The van der Waals surface area contributed by atoms with Gasteiger partial charge in [0.2, 0.25) is 0 Å². The van der Waals surface area contributed by atoms with Crippen molar-refractivity contribution in [3.8, 4) is 0 Å². The van der Waals surface area contributed by atoms with E-state index in [1.165, 1.54) is 22.3 Å². The van der Waals surface area contributed by atoms with E-state index in [1.807, 2.05) is 0 Å². The summed E-state index contributed by atoms with van der Waals surface area (Å²) in [5.74, 6) is 1.24. The number of benzene rings is 2. The van der Waals surface area contributed by atoms with Crippen molar-refractivity contribution in [1.82, 2.24) is 4.57 Å². The molecule has 0 N–H and O–H groups in total. The van der Waals surface area contributed by atoms with Crippen LogP contribution in [0, 0.1) is 0 Å². The molecule has 2 heteroatoms. The molecule has 0 bridgehead atoms. The van der Waals surface area contributed by atoms with E-state index in [2.05, 4.69) is 84.2 Å². The van der Waals surface area contributed by atoms with Gasteiger partial charge in [0.15, 0.2) is 0 Å². The largest absolute Gasteiger partial charge is 0.357 e. The molecule has 19 heavy (non-hydrogen) atoms. The minimum absolute atomic E-state index is 0.922. The molecule has 3 aromatic rings. The van der Waals surface area contributed by atoms with Crippen LogP contribution < -0.4 is 4.90 Å². The monoisotopic (exact) mass is 250 g/mol. The van der Waals surface area contributed by atoms with Crippen LogP contribution in [0.25, 0.3) is 10.9 Å². The van der Waals surface area contributed by atoms with Gasteiger partial charge in [0, 0.05) is 31.5 Å². The number of aromatic nitrogens is 1. The fourth-order valence-corrected chi connectivity index (χ4v) is 2.58. The SMILES string of the molecule is CN(Cc1ccccc1)c1cc2ccccc2n1C. The van der Waals surface area contributed by atoms with E-state index in [0.717, 1.165) is 6.54 Å². The van der Waals surface area contributed by atoms with Crippen LogP contribution >= 0.6 is 0 Å². The molecule has 1 heterocycles. The maximum atomic E-state index is 2.29. The number of hydrogen-bond acceptors (Lipinski definition) is 1. The van der Waals surface area contributed by atoms with Crippen LogP contribution in [0.5, 0.6) is 0 Å². The molecule has 0 saturated heterocycles. The second kappa shape index (κ2) is 4.81. The number of fused-ring (bicyclic) bond motifs is 1. The third-order valence-corrected chi connectivity index (χ3v) is 3.58. The molecular weight excluding hydrogens is 232 g/mol. The van der Waals surface area contributed by atoms with E-state index >= 15 is 0 Å². The Labute approximate surface area is 113 Å². The normalized spacial score (nSPS) is 10.8. The van der Waals surface area contributed by atoms with Crippen LogP contribution in [0.1, 0.15) is 5.56 Å². The van der Waals surface area contributed by atoms with E-state index in [-0.39, 0.29) is 0 Å². The van der Waals surface area contributed by atoms with E-state index in [1.54, 1.807) is 0 Å². The zero-order chi connectivity index (χ0) is 13.2. The van der Waals surface area contributed by atoms with E-state index in [9.17, 15) is 0 Å². The van der Waals surface area contributed by atoms with Crippen molar-refractivity contribution in [1.29, 1.82) is 0 Å². The molecule has 0 radical (unpaired) electrons. The van der Waals surface area contributed by atoms with Crippen molar-refractivity contribution < 1.29 is 0 Å². The highest BCUT2D eigenvalue weighted by atomic mass is 15.2. The molecule has 0 atom stereocenters. The molecule has 0 aliphatic rings. The molecule has 2 aromatic carbocycles. The lowest BCUT2D eigenvalue weighted by molar-refractivity contribution is 0.840. The first-order valence-corrected chi connectivity index (χ1v) is 6.55. The summed E-state index contributed by atoms with van der Waals surface area (Å²) in [6.45, 7) is 0.922. The quantitative estimate of drug-likeness (QED) is 0.686. The van der Waals surface area contributed by atoms with Crippen LogP contribution in [-0.4, -0.2) is 11.6 Å². The summed E-state index contributed by atoms with van der Waals surface area (Å²) < 4.78 is 2.25. The molecule has 0 aliphatic carbocycles. The number of hydrogen-bond donors (Lipinski definition) is 0. The molecule has 0 fully saturated rings. The Morgan fingerprint density at radius 3 is 2.37 bits per heavy atom. The van der Waals surface area contributed by atoms with Gasteiger partial charge in [-0.15, -0.1) is 0 Å². The molecule has 2 nitrogen and oxygen atoms in total. The fourth-order valence-electron chi connectivity index (χ4n) is 2.58. The van der Waals surface area contributed by atoms with Crippen molar-refractivity contribution in [2.75, 3.05) is 11.9 Å². The molecule has 0 saturated carbocycles. The van der Waals surface area contributed by atoms with Crippen LogP contribution in [0.2, 0.25) is 0 Å². The molecule has 0 aliphatic heterocycles. The first kappa shape index (κ1) is 11.8. The van der Waals surface area contributed by atoms with Gasteiger partial charge in [-0.1, -0.05) is 48.5 Å². The lowest BCUT2D eigenvalue weighted by atomic mass is 10.2. The van der Waals surface area contributed by atoms with Crippen LogP contribution in [0.4, 0.5) is 5.82 Å². The first-order chi connectivity index (χ1) is 9.25. The summed E-state index contributed by atoms with van der Waals surface area (Å²) in [6.07, 6.45) is 0. The fraction of sp³-hybridized carbons (Fsp3) is 0.176. The second-order valence-corrected chi connectivity index (χ2v) is 4.96. The molecule has 0 unspecified atom stereocenters. The van der Waals surface area contributed by atoms with Crippen LogP contribution in [0.3, 0.4) is 0 Å². The minimum Gasteiger partial charge on any atom is -0.357 e. The van der Waals surface area contributed by atoms with Crippen LogP contribution in [0.15, 0.2) is 60.7 Å². The summed E-state index contributed by atoms with van der Waals surface area (Å²) >= 11 is 0. The standard InChI is InChI=1S/C17H18N2/c1-18(13-14-8-4-3-5-9-14)17-12-15-10-6-7-11-16(15)19(17)2/h3-12H,13H2,1-2H3. The predicted molar refractivity (Wildman–Crippen MR) is 81.5 cm³/mol. The van der Waals surface area contributed by atoms with Gasteiger partial charge < -0.3 is 9.47 Å². The van der Waals surface area contributed by atoms with E-state index < -0.39 is 0 Å². The number of nitrogens with zero attached hydrogens (tertiary/aromatic N) is 2. The Morgan fingerprint density at radius 2 is 1.63 bits per heavy atom. The molecule has 3 rings (SSSR count). The van der Waals surface area contributed by atoms with E-state index in [0.29, 0.717) is 0 Å². The second-order valence-electron chi connectivity index (χ2n) is 4.96. The molecule has 0 spiro atoms. The summed E-state index contributed by atoms with van der Waals surface area (Å²) in [4.78, 5) is 2.29. The Bertz CT molecular complexity index is 683. The van der Waals surface area contributed by atoms with Crippen molar-refractivity contribution in [3.05, 3.63) is 66.2 Å². The Balaban J connectivity index is 1.93. The van der Waals surface area contributed by atoms with Gasteiger partial charge in [-0.05, 0) is 17.7 Å². The maximum Gasteiger partial charge on any atom is 0.109 e. The topological polar surface area (TPSA) is 8.17 Å². The van der Waals surface area contributed by atoms with Gasteiger partial charge in [0.25, 0.3) is 0 Å². The maximum absolute atomic E-state index is 2.29. The molecule has 96 valence electrons. The molecule has 0 amide bonds. The number of aryl methyl sites for hydroxylation is 1. The van der Waals surface area contributed by atoms with Gasteiger partial charge in [0.05, 0.1) is 0 Å². The van der Waals surface area contributed by atoms with Crippen molar-refractivity contribution in [3.63, 3.8) is 0 Å². The average Bonchev–Trinajstić information content (AvgIpc) is 2.78.